The van der Waals surface area contributed by atoms with E-state index in [1.54, 1.807) is 0 Å². The van der Waals surface area contributed by atoms with Gasteiger partial charge >= 0.3 is 0 Å². The molecule has 0 unspecified atom stereocenters. The van der Waals surface area contributed by atoms with Crippen LogP contribution in [0.15, 0.2) is 22.7 Å². The van der Waals surface area contributed by atoms with Crippen molar-refractivity contribution in [1.82, 2.24) is 10.1 Å². The van der Waals surface area contributed by atoms with Gasteiger partial charge in [0.15, 0.2) is 0 Å². The Balaban J connectivity index is 2.60. The molecule has 0 spiro atoms. The van der Waals surface area contributed by atoms with Crippen molar-refractivity contribution < 1.29 is 9.45 Å². The van der Waals surface area contributed by atoms with Crippen LogP contribution in [0.5, 0.6) is 0 Å². The zero-order chi connectivity index (χ0) is 11.7. The maximum absolute atomic E-state index is 10.8. The standard InChI is InChI=1S/C8H3Cl2N3O3/c9-4-1-2-5(6(3-4)13(14)15)7-11-8(10)12-16-7/h1-3H. The fourth-order valence-corrected chi connectivity index (χ4v) is 1.43. The number of nitrogens with zero attached hydrogens (tertiary/aromatic N) is 3. The Morgan fingerprint density at radius 1 is 1.38 bits per heavy atom. The number of hydrogen-bond donors (Lipinski definition) is 0. The van der Waals surface area contributed by atoms with Crippen molar-refractivity contribution in [1.29, 1.82) is 0 Å². The number of rotatable bonds is 2. The van der Waals surface area contributed by atoms with Crippen LogP contribution in [-0.2, 0) is 0 Å². The van der Waals surface area contributed by atoms with E-state index in [1.807, 2.05) is 0 Å². The van der Waals surface area contributed by atoms with Gasteiger partial charge in [0.2, 0.25) is 0 Å². The summed E-state index contributed by atoms with van der Waals surface area (Å²) in [4.78, 5) is 13.9. The zero-order valence-corrected chi connectivity index (χ0v) is 9.07. The van der Waals surface area contributed by atoms with E-state index < -0.39 is 4.92 Å². The number of halogens is 2. The Hall–Kier alpha value is -1.66. The molecule has 82 valence electrons. The summed E-state index contributed by atoms with van der Waals surface area (Å²) in [6.45, 7) is 0. The Labute approximate surface area is 98.9 Å². The smallest absolute Gasteiger partial charge is 0.283 e. The van der Waals surface area contributed by atoms with Gasteiger partial charge in [-0.1, -0.05) is 11.6 Å². The second-order valence-corrected chi connectivity index (χ2v) is 3.56. The van der Waals surface area contributed by atoms with E-state index in [0.717, 1.165) is 0 Å². The Kier molecular flexibility index (Phi) is 2.76. The van der Waals surface area contributed by atoms with Gasteiger partial charge in [0.1, 0.15) is 5.56 Å². The molecule has 8 heteroatoms. The lowest BCUT2D eigenvalue weighted by atomic mass is 10.2. The second kappa shape index (κ2) is 4.07. The van der Waals surface area contributed by atoms with Crippen LogP contribution in [0.3, 0.4) is 0 Å². The van der Waals surface area contributed by atoms with Crippen LogP contribution in [0.25, 0.3) is 11.5 Å². The molecule has 16 heavy (non-hydrogen) atoms. The van der Waals surface area contributed by atoms with Gasteiger partial charge in [0.25, 0.3) is 16.9 Å². The largest absolute Gasteiger partial charge is 0.332 e. The van der Waals surface area contributed by atoms with E-state index in [-0.39, 0.29) is 27.4 Å². The summed E-state index contributed by atoms with van der Waals surface area (Å²) in [6.07, 6.45) is 0. The van der Waals surface area contributed by atoms with Crippen molar-refractivity contribution in [2.75, 3.05) is 0 Å². The molecule has 6 nitrogen and oxygen atoms in total. The molecule has 1 heterocycles. The molecular formula is C8H3Cl2N3O3. The summed E-state index contributed by atoms with van der Waals surface area (Å²) in [7, 11) is 0. The van der Waals surface area contributed by atoms with Gasteiger partial charge in [0.05, 0.1) is 4.92 Å². The molecule has 0 saturated heterocycles. The van der Waals surface area contributed by atoms with Gasteiger partial charge < -0.3 is 4.52 Å². The predicted octanol–water partition coefficient (Wildman–Crippen LogP) is 2.95. The van der Waals surface area contributed by atoms with E-state index in [9.17, 15) is 10.1 Å². The van der Waals surface area contributed by atoms with Crippen molar-refractivity contribution in [2.24, 2.45) is 0 Å². The van der Waals surface area contributed by atoms with Crippen molar-refractivity contribution in [3.63, 3.8) is 0 Å². The first-order valence-corrected chi connectivity index (χ1v) is 4.77. The van der Waals surface area contributed by atoms with Crippen LogP contribution in [-0.4, -0.2) is 15.1 Å². The molecule has 0 bridgehead atoms. The van der Waals surface area contributed by atoms with Gasteiger partial charge in [-0.25, -0.2) is 0 Å². The van der Waals surface area contributed by atoms with Crippen LogP contribution < -0.4 is 0 Å². The summed E-state index contributed by atoms with van der Waals surface area (Å²) >= 11 is 11.1. The average molecular weight is 260 g/mol. The van der Waals surface area contributed by atoms with Gasteiger partial charge in [-0.15, -0.1) is 0 Å². The fourth-order valence-electron chi connectivity index (χ4n) is 1.15. The quantitative estimate of drug-likeness (QED) is 0.612. The maximum Gasteiger partial charge on any atom is 0.283 e. The molecule has 0 N–H and O–H groups in total. The Morgan fingerprint density at radius 3 is 2.69 bits per heavy atom. The molecule has 0 aliphatic carbocycles. The third-order valence-corrected chi connectivity index (χ3v) is 2.18. The Bertz CT molecular complexity index is 555. The minimum absolute atomic E-state index is 0.0200. The SMILES string of the molecule is O=[N+]([O-])c1cc(Cl)ccc1-c1nc(Cl)no1. The predicted molar refractivity (Wildman–Crippen MR) is 56.4 cm³/mol. The van der Waals surface area contributed by atoms with E-state index in [4.69, 9.17) is 27.7 Å². The van der Waals surface area contributed by atoms with Crippen LogP contribution in [0.4, 0.5) is 5.69 Å². The lowest BCUT2D eigenvalue weighted by molar-refractivity contribution is -0.384. The van der Waals surface area contributed by atoms with E-state index in [1.165, 1.54) is 18.2 Å². The van der Waals surface area contributed by atoms with Crippen LogP contribution >= 0.6 is 23.2 Å². The molecular weight excluding hydrogens is 257 g/mol. The first-order valence-electron chi connectivity index (χ1n) is 4.01. The van der Waals surface area contributed by atoms with Crippen LogP contribution in [0.1, 0.15) is 0 Å². The number of aromatic nitrogens is 2. The third-order valence-electron chi connectivity index (χ3n) is 1.79. The van der Waals surface area contributed by atoms with Crippen molar-refractivity contribution in [2.45, 2.75) is 0 Å². The highest BCUT2D eigenvalue weighted by atomic mass is 35.5. The monoisotopic (exact) mass is 259 g/mol. The van der Waals surface area contributed by atoms with Gasteiger partial charge in [-0.05, 0) is 28.9 Å². The molecule has 1 aromatic carbocycles. The van der Waals surface area contributed by atoms with E-state index in [0.29, 0.717) is 0 Å². The molecule has 0 saturated carbocycles. The molecule has 0 aliphatic rings. The highest BCUT2D eigenvalue weighted by Gasteiger charge is 2.20. The molecule has 2 aromatic rings. The normalized spacial score (nSPS) is 10.4. The first-order chi connectivity index (χ1) is 7.58. The molecule has 0 atom stereocenters. The highest BCUT2D eigenvalue weighted by molar-refractivity contribution is 6.31. The van der Waals surface area contributed by atoms with Crippen molar-refractivity contribution >= 4 is 28.9 Å². The second-order valence-electron chi connectivity index (χ2n) is 2.79. The molecule has 0 amide bonds. The van der Waals surface area contributed by atoms with Gasteiger partial charge in [0, 0.05) is 11.1 Å². The summed E-state index contributed by atoms with van der Waals surface area (Å²) in [5.74, 6) is -0.0200. The topological polar surface area (TPSA) is 82.1 Å². The minimum Gasteiger partial charge on any atom is -0.332 e. The lowest BCUT2D eigenvalue weighted by Crippen LogP contribution is -1.92. The number of benzene rings is 1. The molecule has 0 radical (unpaired) electrons. The average Bonchev–Trinajstić information content (AvgIpc) is 2.64. The summed E-state index contributed by atoms with van der Waals surface area (Å²) < 4.78 is 4.74. The van der Waals surface area contributed by atoms with Gasteiger partial charge in [-0.3, -0.25) is 10.1 Å². The molecule has 0 fully saturated rings. The summed E-state index contributed by atoms with van der Waals surface area (Å²) in [6, 6.07) is 4.11. The van der Waals surface area contributed by atoms with Crippen LogP contribution in [0, 0.1) is 10.1 Å². The highest BCUT2D eigenvalue weighted by Crippen LogP contribution is 2.31. The third kappa shape index (κ3) is 1.98. The molecule has 1 aromatic heterocycles. The van der Waals surface area contributed by atoms with E-state index >= 15 is 0 Å². The molecule has 2 rings (SSSR count). The fraction of sp³-hybridized carbons (Fsp3) is 0. The van der Waals surface area contributed by atoms with Gasteiger partial charge in [-0.2, -0.15) is 4.98 Å². The lowest BCUT2D eigenvalue weighted by Gasteiger charge is -1.97. The van der Waals surface area contributed by atoms with E-state index in [2.05, 4.69) is 10.1 Å². The van der Waals surface area contributed by atoms with Crippen molar-refractivity contribution in [3.05, 3.63) is 38.6 Å². The number of hydrogen-bond acceptors (Lipinski definition) is 5. The summed E-state index contributed by atoms with van der Waals surface area (Å²) in [5.41, 5.74) is -0.0402. The first kappa shape index (κ1) is 10.8. The summed E-state index contributed by atoms with van der Waals surface area (Å²) in [5, 5.41) is 14.3. The zero-order valence-electron chi connectivity index (χ0n) is 7.55. The minimum atomic E-state index is -0.584. The Morgan fingerprint density at radius 2 is 2.12 bits per heavy atom. The molecule has 0 aliphatic heterocycles. The maximum atomic E-state index is 10.8. The number of nitro benzene ring substituents is 1. The number of nitro groups is 1. The van der Waals surface area contributed by atoms with Crippen molar-refractivity contribution in [3.8, 4) is 11.5 Å². The van der Waals surface area contributed by atoms with Crippen LogP contribution in [0.2, 0.25) is 10.3 Å².